The molecule has 92 valence electrons. The van der Waals surface area contributed by atoms with Crippen LogP contribution in [-0.2, 0) is 19.1 Å². The number of ether oxygens (including phenoxy) is 2. The van der Waals surface area contributed by atoms with Gasteiger partial charge in [-0.05, 0) is 12.3 Å². The summed E-state index contributed by atoms with van der Waals surface area (Å²) in [5.41, 5.74) is 0. The fraction of sp³-hybridized carbons (Fsp3) is 0.833. The van der Waals surface area contributed by atoms with Gasteiger partial charge in [-0.15, -0.1) is 0 Å². The first kappa shape index (κ1) is 13.0. The van der Waals surface area contributed by atoms with Crippen molar-refractivity contribution in [1.82, 2.24) is 0 Å². The van der Waals surface area contributed by atoms with E-state index in [0.29, 0.717) is 12.3 Å². The van der Waals surface area contributed by atoms with E-state index in [1.54, 1.807) is 0 Å². The average Bonchev–Trinajstić information content (AvgIpc) is 2.35. The molecule has 1 aliphatic carbocycles. The first-order chi connectivity index (χ1) is 7.69. The van der Waals surface area contributed by atoms with E-state index >= 15 is 0 Å². The fourth-order valence-corrected chi connectivity index (χ4v) is 2.33. The zero-order valence-corrected chi connectivity index (χ0v) is 10.0. The zero-order chi connectivity index (χ0) is 12.0. The number of carbonyl (C=O) groups excluding carboxylic acids is 2. The van der Waals surface area contributed by atoms with E-state index < -0.39 is 17.9 Å². The first-order valence-corrected chi connectivity index (χ1v) is 5.84. The van der Waals surface area contributed by atoms with Crippen LogP contribution in [0.2, 0.25) is 0 Å². The number of carbonyl (C=O) groups is 2. The summed E-state index contributed by atoms with van der Waals surface area (Å²) in [4.78, 5) is 22.9. The molecule has 0 N–H and O–H groups in total. The predicted molar refractivity (Wildman–Crippen MR) is 58.7 cm³/mol. The van der Waals surface area contributed by atoms with Crippen LogP contribution in [-0.4, -0.2) is 26.2 Å². The van der Waals surface area contributed by atoms with Gasteiger partial charge >= 0.3 is 11.9 Å². The lowest BCUT2D eigenvalue weighted by Crippen LogP contribution is -2.29. The van der Waals surface area contributed by atoms with Gasteiger partial charge in [0.25, 0.3) is 0 Å². The Morgan fingerprint density at radius 3 is 2.00 bits per heavy atom. The number of esters is 2. The third-order valence-electron chi connectivity index (χ3n) is 3.27. The predicted octanol–water partition coefficient (Wildman–Crippen LogP) is 1.92. The van der Waals surface area contributed by atoms with Crippen LogP contribution in [0.25, 0.3) is 0 Å². The van der Waals surface area contributed by atoms with Crippen molar-refractivity contribution in [1.29, 1.82) is 0 Å². The molecule has 0 spiro atoms. The van der Waals surface area contributed by atoms with Crippen LogP contribution in [0.4, 0.5) is 0 Å². The third kappa shape index (κ3) is 3.51. The van der Waals surface area contributed by atoms with Crippen LogP contribution < -0.4 is 0 Å². The summed E-state index contributed by atoms with van der Waals surface area (Å²) in [6, 6.07) is 0. The Kier molecular flexibility index (Phi) is 5.29. The van der Waals surface area contributed by atoms with Crippen molar-refractivity contribution in [3.63, 3.8) is 0 Å². The lowest BCUT2D eigenvalue weighted by molar-refractivity contribution is -0.159. The standard InChI is InChI=1S/C12H20O4/c1-15-11(13)10(12(14)16-2)8-9-6-4-3-5-7-9/h9-10H,3-8H2,1-2H3. The van der Waals surface area contributed by atoms with Gasteiger partial charge in [0.2, 0.25) is 0 Å². The molecule has 0 atom stereocenters. The molecule has 0 saturated heterocycles. The van der Waals surface area contributed by atoms with Gasteiger partial charge in [0, 0.05) is 0 Å². The highest BCUT2D eigenvalue weighted by molar-refractivity contribution is 5.94. The smallest absolute Gasteiger partial charge is 0.320 e. The summed E-state index contributed by atoms with van der Waals surface area (Å²) in [6.45, 7) is 0. The van der Waals surface area contributed by atoms with Gasteiger partial charge in [0.05, 0.1) is 14.2 Å². The molecule has 1 saturated carbocycles. The highest BCUT2D eigenvalue weighted by atomic mass is 16.5. The quantitative estimate of drug-likeness (QED) is 0.545. The average molecular weight is 228 g/mol. The molecular weight excluding hydrogens is 208 g/mol. The normalized spacial score (nSPS) is 17.2. The van der Waals surface area contributed by atoms with Gasteiger partial charge in [-0.1, -0.05) is 32.1 Å². The molecule has 4 nitrogen and oxygen atoms in total. The molecular formula is C12H20O4. The largest absolute Gasteiger partial charge is 0.468 e. The fourth-order valence-electron chi connectivity index (χ4n) is 2.33. The minimum absolute atomic E-state index is 0.456. The molecule has 0 bridgehead atoms. The van der Waals surface area contributed by atoms with E-state index in [2.05, 4.69) is 9.47 Å². The molecule has 0 amide bonds. The molecule has 0 unspecified atom stereocenters. The summed E-state index contributed by atoms with van der Waals surface area (Å²) < 4.78 is 9.27. The van der Waals surface area contributed by atoms with Gasteiger partial charge < -0.3 is 9.47 Å². The van der Waals surface area contributed by atoms with E-state index in [9.17, 15) is 9.59 Å². The Hall–Kier alpha value is -1.06. The van der Waals surface area contributed by atoms with Crippen molar-refractivity contribution in [2.24, 2.45) is 11.8 Å². The summed E-state index contributed by atoms with van der Waals surface area (Å²) in [6.07, 6.45) is 6.42. The molecule has 0 aromatic heterocycles. The van der Waals surface area contributed by atoms with Crippen molar-refractivity contribution in [3.8, 4) is 0 Å². The van der Waals surface area contributed by atoms with Gasteiger partial charge in [0.1, 0.15) is 0 Å². The molecule has 0 aromatic rings. The van der Waals surface area contributed by atoms with Gasteiger partial charge in [-0.3, -0.25) is 9.59 Å². The molecule has 0 aromatic carbocycles. The second-order valence-electron chi connectivity index (χ2n) is 4.34. The molecule has 0 heterocycles. The Balaban J connectivity index is 2.54. The van der Waals surface area contributed by atoms with Gasteiger partial charge in [0.15, 0.2) is 5.92 Å². The van der Waals surface area contributed by atoms with Crippen molar-refractivity contribution < 1.29 is 19.1 Å². The topological polar surface area (TPSA) is 52.6 Å². The highest BCUT2D eigenvalue weighted by Gasteiger charge is 2.31. The van der Waals surface area contributed by atoms with E-state index in [1.807, 2.05) is 0 Å². The number of hydrogen-bond acceptors (Lipinski definition) is 4. The minimum Gasteiger partial charge on any atom is -0.468 e. The van der Waals surface area contributed by atoms with E-state index in [1.165, 1.54) is 33.5 Å². The second-order valence-corrected chi connectivity index (χ2v) is 4.34. The summed E-state index contributed by atoms with van der Waals surface area (Å²) >= 11 is 0. The summed E-state index contributed by atoms with van der Waals surface area (Å²) in [7, 11) is 2.61. The van der Waals surface area contributed by atoms with E-state index in [-0.39, 0.29) is 0 Å². The monoisotopic (exact) mass is 228 g/mol. The molecule has 1 rings (SSSR count). The van der Waals surface area contributed by atoms with Crippen LogP contribution in [0, 0.1) is 11.8 Å². The van der Waals surface area contributed by atoms with Gasteiger partial charge in [-0.2, -0.15) is 0 Å². The highest BCUT2D eigenvalue weighted by Crippen LogP contribution is 2.29. The Morgan fingerprint density at radius 2 is 1.56 bits per heavy atom. The SMILES string of the molecule is COC(=O)C(CC1CCCCC1)C(=O)OC. The lowest BCUT2D eigenvalue weighted by atomic mass is 9.83. The van der Waals surface area contributed by atoms with Crippen LogP contribution in [0.15, 0.2) is 0 Å². The molecule has 16 heavy (non-hydrogen) atoms. The number of methoxy groups -OCH3 is 2. The van der Waals surface area contributed by atoms with Crippen LogP contribution in [0.1, 0.15) is 38.5 Å². The van der Waals surface area contributed by atoms with Crippen LogP contribution in [0.3, 0.4) is 0 Å². The molecule has 1 aliphatic rings. The van der Waals surface area contributed by atoms with E-state index in [0.717, 1.165) is 12.8 Å². The Bertz CT molecular complexity index is 227. The van der Waals surface area contributed by atoms with E-state index in [4.69, 9.17) is 0 Å². The second kappa shape index (κ2) is 6.51. The maximum absolute atomic E-state index is 11.5. The Labute approximate surface area is 96.3 Å². The molecule has 4 heteroatoms. The molecule has 1 fully saturated rings. The zero-order valence-electron chi connectivity index (χ0n) is 10.0. The maximum Gasteiger partial charge on any atom is 0.320 e. The number of hydrogen-bond donors (Lipinski definition) is 0. The first-order valence-electron chi connectivity index (χ1n) is 5.84. The van der Waals surface area contributed by atoms with Crippen LogP contribution >= 0.6 is 0 Å². The molecule has 0 radical (unpaired) electrons. The maximum atomic E-state index is 11.5. The minimum atomic E-state index is -0.738. The van der Waals surface area contributed by atoms with Crippen molar-refractivity contribution in [2.75, 3.05) is 14.2 Å². The summed E-state index contributed by atoms with van der Waals surface area (Å²) in [5.74, 6) is -1.23. The van der Waals surface area contributed by atoms with Crippen molar-refractivity contribution in [3.05, 3.63) is 0 Å². The lowest BCUT2D eigenvalue weighted by Gasteiger charge is -2.24. The Morgan fingerprint density at radius 1 is 1.06 bits per heavy atom. The van der Waals surface area contributed by atoms with Crippen molar-refractivity contribution in [2.45, 2.75) is 38.5 Å². The molecule has 0 aliphatic heterocycles. The van der Waals surface area contributed by atoms with Crippen LogP contribution in [0.5, 0.6) is 0 Å². The number of rotatable bonds is 4. The summed E-state index contributed by atoms with van der Waals surface area (Å²) in [5, 5.41) is 0. The third-order valence-corrected chi connectivity index (χ3v) is 3.27. The van der Waals surface area contributed by atoms with Crippen molar-refractivity contribution >= 4 is 11.9 Å². The van der Waals surface area contributed by atoms with Gasteiger partial charge in [-0.25, -0.2) is 0 Å².